The van der Waals surface area contributed by atoms with E-state index in [9.17, 15) is 0 Å². The maximum Gasteiger partial charge on any atom is 0.178 e. The van der Waals surface area contributed by atoms with Crippen molar-refractivity contribution in [1.29, 1.82) is 0 Å². The van der Waals surface area contributed by atoms with Gasteiger partial charge in [0, 0.05) is 34.8 Å². The number of aryl methyl sites for hydroxylation is 2. The third-order valence-electron chi connectivity index (χ3n) is 4.59. The van der Waals surface area contributed by atoms with Gasteiger partial charge in [0.15, 0.2) is 24.8 Å². The van der Waals surface area contributed by atoms with Crippen molar-refractivity contribution in [2.45, 2.75) is 64.5 Å². The van der Waals surface area contributed by atoms with Gasteiger partial charge in [-0.3, -0.25) is 0 Å². The molecule has 0 radical (unpaired) electrons. The van der Waals surface area contributed by atoms with Crippen LogP contribution in [0.25, 0.3) is 20.9 Å². The fourth-order valence-electron chi connectivity index (χ4n) is 3.17. The lowest BCUT2D eigenvalue weighted by Gasteiger charge is -2.17. The number of pyridine rings is 2. The van der Waals surface area contributed by atoms with E-state index in [0.29, 0.717) is 11.4 Å². The number of hydrogen-bond acceptors (Lipinski definition) is 10. The van der Waals surface area contributed by atoms with E-state index >= 15 is 0 Å². The van der Waals surface area contributed by atoms with Crippen molar-refractivity contribution in [3.05, 3.63) is 69.9 Å². The summed E-state index contributed by atoms with van der Waals surface area (Å²) in [5.74, 6) is 0. The smallest absolute Gasteiger partial charge is 0.178 e. The maximum atomic E-state index is 8.49. The Bertz CT molecular complexity index is 933. The Hall–Kier alpha value is -2.82. The summed E-state index contributed by atoms with van der Waals surface area (Å²) < 4.78 is 72.1. The minimum Gasteiger partial charge on any atom is -0.222 e. The first-order valence-corrected chi connectivity index (χ1v) is 13.6. The van der Waals surface area contributed by atoms with E-state index in [1.54, 1.807) is 0 Å². The number of nitrogens with zero attached hydrogens (tertiary/aromatic N) is 8. The molecule has 0 aliphatic rings. The molecule has 16 nitrogen and oxygen atoms in total. The third-order valence-corrected chi connectivity index (χ3v) is 4.59. The third kappa shape index (κ3) is 26.2. The van der Waals surface area contributed by atoms with Crippen LogP contribution in [0, 0.1) is 20.5 Å². The fourth-order valence-corrected chi connectivity index (χ4v) is 3.17. The van der Waals surface area contributed by atoms with Crippen LogP contribution >= 0.6 is 0 Å². The van der Waals surface area contributed by atoms with E-state index in [1.807, 2.05) is 49.1 Å². The van der Waals surface area contributed by atoms with Crippen LogP contribution in [0.3, 0.4) is 0 Å². The Morgan fingerprint density at radius 2 is 0.868 bits per heavy atom. The van der Waals surface area contributed by atoms with E-state index in [1.165, 1.54) is 38.5 Å². The fraction of sp³-hybridized carbons (Fsp3) is 0.500. The Kier molecular flexibility index (Phi) is 18.7. The number of rotatable bonds is 13. The predicted octanol–water partition coefficient (Wildman–Crippen LogP) is -3.55. The Morgan fingerprint density at radius 1 is 0.579 bits per heavy atom. The van der Waals surface area contributed by atoms with Gasteiger partial charge < -0.3 is 0 Å². The molecule has 38 heavy (non-hydrogen) atoms. The van der Waals surface area contributed by atoms with Crippen molar-refractivity contribution in [3.63, 3.8) is 0 Å². The number of azide groups is 2. The van der Waals surface area contributed by atoms with E-state index in [2.05, 4.69) is 29.2 Å². The monoisotopic (exact) mass is 578 g/mol. The van der Waals surface area contributed by atoms with Gasteiger partial charge in [-0.1, -0.05) is 35.9 Å². The standard InChI is InChI=1S/C20H28N8.2ClHO4/c21-25-23-19-11-9-15-27(17-19)13-7-5-3-1-2-4-6-8-14-28-16-10-12-20(18-28)24-26-22;2*2-1(3,4)5/h9-12,15-18H,1-8,13-14H2;2*(H,2,3,4,5)/q+2;;/p-2. The van der Waals surface area contributed by atoms with Crippen molar-refractivity contribution in [1.82, 2.24) is 0 Å². The largest absolute Gasteiger partial charge is 0.222 e. The van der Waals surface area contributed by atoms with Crippen LogP contribution in [0.1, 0.15) is 51.4 Å². The molecular weight excluding hydrogens is 551 g/mol. The van der Waals surface area contributed by atoms with Crippen molar-refractivity contribution in [3.8, 4) is 0 Å². The van der Waals surface area contributed by atoms with Crippen molar-refractivity contribution in [2.24, 2.45) is 10.2 Å². The lowest BCUT2D eigenvalue weighted by atomic mass is 10.1. The number of hydrogen-bond donors (Lipinski definition) is 0. The van der Waals surface area contributed by atoms with Crippen LogP contribution in [0.4, 0.5) is 11.4 Å². The molecule has 2 rings (SSSR count). The molecule has 2 heterocycles. The summed E-state index contributed by atoms with van der Waals surface area (Å²) in [7, 11) is -9.89. The Balaban J connectivity index is 0.00000116. The zero-order chi connectivity index (χ0) is 28.9. The average molecular weight is 579 g/mol. The first-order valence-electron chi connectivity index (χ1n) is 11.1. The highest BCUT2D eigenvalue weighted by atomic mass is 35.7. The van der Waals surface area contributed by atoms with Gasteiger partial charge in [0.2, 0.25) is 0 Å². The molecule has 0 amide bonds. The van der Waals surface area contributed by atoms with Gasteiger partial charge in [-0.15, -0.1) is 20.5 Å². The van der Waals surface area contributed by atoms with Gasteiger partial charge in [0.25, 0.3) is 0 Å². The number of unbranched alkanes of at least 4 members (excludes halogenated alkanes) is 7. The van der Waals surface area contributed by atoms with Crippen LogP contribution in [0.2, 0.25) is 0 Å². The van der Waals surface area contributed by atoms with E-state index in [0.717, 1.165) is 25.9 Å². The van der Waals surface area contributed by atoms with Crippen LogP contribution in [-0.4, -0.2) is 0 Å². The van der Waals surface area contributed by atoms with E-state index in [4.69, 9.17) is 48.3 Å². The predicted molar refractivity (Wildman–Crippen MR) is 108 cm³/mol. The normalized spacial score (nSPS) is 10.6. The molecule has 0 fully saturated rings. The van der Waals surface area contributed by atoms with Gasteiger partial charge >= 0.3 is 0 Å². The highest BCUT2D eigenvalue weighted by molar-refractivity contribution is 5.30. The highest BCUT2D eigenvalue weighted by Gasteiger charge is 2.03. The number of aromatic nitrogens is 2. The van der Waals surface area contributed by atoms with Crippen LogP contribution in [0.5, 0.6) is 0 Å². The lowest BCUT2D eigenvalue weighted by molar-refractivity contribution is -2.00. The van der Waals surface area contributed by atoms with Crippen LogP contribution in [0.15, 0.2) is 59.3 Å². The molecule has 2 aromatic rings. The molecule has 0 unspecified atom stereocenters. The zero-order valence-electron chi connectivity index (χ0n) is 20.3. The quantitative estimate of drug-likeness (QED) is 0.0750. The molecule has 2 aromatic heterocycles. The molecule has 0 spiro atoms. The Labute approximate surface area is 223 Å². The second kappa shape index (κ2) is 20.2. The molecule has 210 valence electrons. The highest BCUT2D eigenvalue weighted by Crippen LogP contribution is 2.11. The average Bonchev–Trinajstić information content (AvgIpc) is 2.79. The topological polar surface area (TPSA) is 290 Å². The molecule has 0 aromatic carbocycles. The lowest BCUT2D eigenvalue weighted by Crippen LogP contribution is -2.68. The van der Waals surface area contributed by atoms with Crippen molar-refractivity contribution < 1.29 is 66.9 Å². The summed E-state index contributed by atoms with van der Waals surface area (Å²) in [6, 6.07) is 7.45. The molecule has 0 aliphatic heterocycles. The molecule has 0 aliphatic carbocycles. The van der Waals surface area contributed by atoms with Crippen LogP contribution in [-0.2, 0) is 13.1 Å². The molecular formula is C20H28Cl2N8O8. The maximum absolute atomic E-state index is 8.49. The molecule has 0 bridgehead atoms. The minimum atomic E-state index is -4.94. The van der Waals surface area contributed by atoms with Gasteiger partial charge in [-0.2, -0.15) is 0 Å². The van der Waals surface area contributed by atoms with Gasteiger partial charge in [-0.25, -0.2) is 46.4 Å². The summed E-state index contributed by atoms with van der Waals surface area (Å²) in [5.41, 5.74) is 18.3. The summed E-state index contributed by atoms with van der Waals surface area (Å²) in [5, 5.41) is 7.26. The first kappa shape index (κ1) is 35.2. The molecule has 0 saturated heterocycles. The van der Waals surface area contributed by atoms with E-state index in [-0.39, 0.29) is 0 Å². The van der Waals surface area contributed by atoms with Gasteiger partial charge in [-0.05, 0) is 36.0 Å². The van der Waals surface area contributed by atoms with E-state index < -0.39 is 20.5 Å². The molecule has 0 atom stereocenters. The zero-order valence-corrected chi connectivity index (χ0v) is 21.8. The first-order chi connectivity index (χ1) is 17.8. The SMILES string of the molecule is [N-]=[N+]=Nc1ccc[n+](CCCCCCCCCC[n+]2cccc(N=[N+]=[N-])c2)c1.[O-][Cl+3]([O-])([O-])[O-].[O-][Cl+3]([O-])([O-])[O-]. The Morgan fingerprint density at radius 3 is 1.16 bits per heavy atom. The van der Waals surface area contributed by atoms with Crippen LogP contribution < -0.4 is 46.4 Å². The summed E-state index contributed by atoms with van der Waals surface area (Å²) in [4.78, 5) is 5.64. The number of halogens is 2. The summed E-state index contributed by atoms with van der Waals surface area (Å²) >= 11 is 0. The second-order valence-electron chi connectivity index (χ2n) is 7.56. The molecule has 18 heteroatoms. The minimum absolute atomic E-state index is 0.660. The second-order valence-corrected chi connectivity index (χ2v) is 9.08. The van der Waals surface area contributed by atoms with Crippen molar-refractivity contribution >= 4 is 11.4 Å². The summed E-state index contributed by atoms with van der Waals surface area (Å²) in [6.45, 7) is 1.92. The van der Waals surface area contributed by atoms with Gasteiger partial charge in [0.05, 0.1) is 0 Å². The molecule has 0 N–H and O–H groups in total. The van der Waals surface area contributed by atoms with Gasteiger partial charge in [0.1, 0.15) is 24.5 Å². The summed E-state index contributed by atoms with van der Waals surface area (Å²) in [6.07, 6.45) is 17.6. The molecule has 0 saturated carbocycles. The van der Waals surface area contributed by atoms with Crippen molar-refractivity contribution in [2.75, 3.05) is 0 Å².